The SMILES string of the molecule is COc1ccc(C(C)=O)cc1CC(=O)OCC(=O)c1ccc(C)c([N+](=O)[O-])c1. The molecule has 0 spiro atoms. The quantitative estimate of drug-likeness (QED) is 0.297. The summed E-state index contributed by atoms with van der Waals surface area (Å²) >= 11 is 0. The van der Waals surface area contributed by atoms with E-state index in [4.69, 9.17) is 9.47 Å². The standard InChI is InChI=1S/C20H19NO7/c1-12-4-5-15(9-17(12)21(25)26)18(23)11-28-20(24)10-16-8-14(13(2)22)6-7-19(16)27-3/h4-9H,10-11H2,1-3H3. The molecule has 0 saturated carbocycles. The molecule has 0 aliphatic heterocycles. The monoisotopic (exact) mass is 385 g/mol. The summed E-state index contributed by atoms with van der Waals surface area (Å²) in [5, 5.41) is 11.0. The molecular formula is C20H19NO7. The minimum Gasteiger partial charge on any atom is -0.496 e. The van der Waals surface area contributed by atoms with Crippen molar-refractivity contribution in [3.63, 3.8) is 0 Å². The van der Waals surface area contributed by atoms with E-state index in [0.29, 0.717) is 22.4 Å². The molecule has 2 aromatic carbocycles. The molecule has 8 nitrogen and oxygen atoms in total. The van der Waals surface area contributed by atoms with Gasteiger partial charge in [0.05, 0.1) is 18.5 Å². The molecule has 0 heterocycles. The third-order valence-corrected chi connectivity index (χ3v) is 4.11. The van der Waals surface area contributed by atoms with E-state index in [9.17, 15) is 24.5 Å². The van der Waals surface area contributed by atoms with Gasteiger partial charge in [-0.05, 0) is 32.0 Å². The summed E-state index contributed by atoms with van der Waals surface area (Å²) in [6, 6.07) is 8.77. The van der Waals surface area contributed by atoms with Gasteiger partial charge in [-0.3, -0.25) is 24.5 Å². The lowest BCUT2D eigenvalue weighted by atomic mass is 10.0. The highest BCUT2D eigenvalue weighted by molar-refractivity contribution is 5.98. The molecule has 0 aromatic heterocycles. The molecule has 2 aromatic rings. The van der Waals surface area contributed by atoms with Gasteiger partial charge in [0.1, 0.15) is 5.75 Å². The molecular weight excluding hydrogens is 366 g/mol. The molecule has 2 rings (SSSR count). The van der Waals surface area contributed by atoms with Crippen LogP contribution in [-0.2, 0) is 16.0 Å². The van der Waals surface area contributed by atoms with Crippen LogP contribution in [0.2, 0.25) is 0 Å². The van der Waals surface area contributed by atoms with E-state index < -0.39 is 23.3 Å². The van der Waals surface area contributed by atoms with Crippen LogP contribution in [0.15, 0.2) is 36.4 Å². The predicted molar refractivity (Wildman–Crippen MR) is 99.8 cm³/mol. The number of rotatable bonds is 8. The van der Waals surface area contributed by atoms with Gasteiger partial charge in [-0.25, -0.2) is 0 Å². The van der Waals surface area contributed by atoms with Crippen molar-refractivity contribution in [1.29, 1.82) is 0 Å². The Morgan fingerprint density at radius 2 is 1.75 bits per heavy atom. The van der Waals surface area contributed by atoms with Crippen molar-refractivity contribution in [2.75, 3.05) is 13.7 Å². The minimum absolute atomic E-state index is 0.0845. The van der Waals surface area contributed by atoms with Gasteiger partial charge >= 0.3 is 5.97 Å². The number of carbonyl (C=O) groups is 3. The maximum Gasteiger partial charge on any atom is 0.310 e. The first-order valence-corrected chi connectivity index (χ1v) is 8.34. The lowest BCUT2D eigenvalue weighted by molar-refractivity contribution is -0.385. The third kappa shape index (κ3) is 5.00. The number of methoxy groups -OCH3 is 1. The highest BCUT2D eigenvalue weighted by Gasteiger charge is 2.17. The van der Waals surface area contributed by atoms with Crippen LogP contribution in [0.3, 0.4) is 0 Å². The third-order valence-electron chi connectivity index (χ3n) is 4.11. The van der Waals surface area contributed by atoms with Crippen LogP contribution < -0.4 is 4.74 Å². The van der Waals surface area contributed by atoms with Crippen molar-refractivity contribution >= 4 is 23.2 Å². The molecule has 0 unspecified atom stereocenters. The fourth-order valence-electron chi connectivity index (χ4n) is 2.55. The number of nitro benzene ring substituents is 1. The number of carbonyl (C=O) groups excluding carboxylic acids is 3. The molecule has 0 bridgehead atoms. The Morgan fingerprint density at radius 1 is 1.07 bits per heavy atom. The highest BCUT2D eigenvalue weighted by atomic mass is 16.6. The van der Waals surface area contributed by atoms with E-state index in [1.165, 1.54) is 32.2 Å². The van der Waals surface area contributed by atoms with Gasteiger partial charge in [0.2, 0.25) is 5.78 Å². The number of hydrogen-bond donors (Lipinski definition) is 0. The van der Waals surface area contributed by atoms with Gasteiger partial charge in [-0.1, -0.05) is 12.1 Å². The maximum atomic E-state index is 12.2. The second kappa shape index (κ2) is 8.90. The number of Topliss-reactive ketones (excluding diaryl/α,β-unsaturated/α-hetero) is 2. The smallest absolute Gasteiger partial charge is 0.310 e. The number of hydrogen-bond acceptors (Lipinski definition) is 7. The van der Waals surface area contributed by atoms with Gasteiger partial charge in [0.15, 0.2) is 12.4 Å². The van der Waals surface area contributed by atoms with Crippen LogP contribution in [0.4, 0.5) is 5.69 Å². The van der Waals surface area contributed by atoms with Gasteiger partial charge in [-0.15, -0.1) is 0 Å². The fourth-order valence-corrected chi connectivity index (χ4v) is 2.55. The summed E-state index contributed by atoms with van der Waals surface area (Å²) in [7, 11) is 1.44. The molecule has 0 atom stereocenters. The average molecular weight is 385 g/mol. The molecule has 146 valence electrons. The number of nitro groups is 1. The topological polar surface area (TPSA) is 113 Å². The fraction of sp³-hybridized carbons (Fsp3) is 0.250. The Kier molecular flexibility index (Phi) is 6.59. The zero-order valence-electron chi connectivity index (χ0n) is 15.7. The Morgan fingerprint density at radius 3 is 2.36 bits per heavy atom. The Bertz CT molecular complexity index is 950. The highest BCUT2D eigenvalue weighted by Crippen LogP contribution is 2.22. The van der Waals surface area contributed by atoms with Crippen LogP contribution in [0.25, 0.3) is 0 Å². The van der Waals surface area contributed by atoms with Crippen LogP contribution in [0, 0.1) is 17.0 Å². The van der Waals surface area contributed by atoms with Crippen molar-refractivity contribution in [3.8, 4) is 5.75 Å². The first-order chi connectivity index (χ1) is 13.2. The van der Waals surface area contributed by atoms with Crippen LogP contribution in [0.5, 0.6) is 5.75 Å². The van der Waals surface area contributed by atoms with Crippen molar-refractivity contribution in [2.45, 2.75) is 20.3 Å². The first-order valence-electron chi connectivity index (χ1n) is 8.34. The molecule has 0 amide bonds. The van der Waals surface area contributed by atoms with Crippen molar-refractivity contribution in [2.24, 2.45) is 0 Å². The lowest BCUT2D eigenvalue weighted by Gasteiger charge is -2.10. The van der Waals surface area contributed by atoms with E-state index in [-0.39, 0.29) is 23.5 Å². The van der Waals surface area contributed by atoms with Crippen molar-refractivity contribution in [1.82, 2.24) is 0 Å². The zero-order valence-corrected chi connectivity index (χ0v) is 15.7. The van der Waals surface area contributed by atoms with E-state index in [2.05, 4.69) is 0 Å². The van der Waals surface area contributed by atoms with E-state index >= 15 is 0 Å². The Balaban J connectivity index is 2.06. The number of benzene rings is 2. The second-order valence-corrected chi connectivity index (χ2v) is 6.10. The predicted octanol–water partition coefficient (Wildman–Crippen LogP) is 3.08. The lowest BCUT2D eigenvalue weighted by Crippen LogP contribution is -2.16. The van der Waals surface area contributed by atoms with Gasteiger partial charge in [0, 0.05) is 28.3 Å². The van der Waals surface area contributed by atoms with Crippen molar-refractivity contribution in [3.05, 3.63) is 68.8 Å². The second-order valence-electron chi connectivity index (χ2n) is 6.10. The summed E-state index contributed by atoms with van der Waals surface area (Å²) in [6.07, 6.45) is -0.189. The van der Waals surface area contributed by atoms with E-state index in [1.54, 1.807) is 19.1 Å². The average Bonchev–Trinajstić information content (AvgIpc) is 2.66. The summed E-state index contributed by atoms with van der Waals surface area (Å²) < 4.78 is 10.2. The maximum absolute atomic E-state index is 12.2. The number of aryl methyl sites for hydroxylation is 1. The Labute approximate surface area is 161 Å². The summed E-state index contributed by atoms with van der Waals surface area (Å²) in [5.41, 5.74) is 1.21. The van der Waals surface area contributed by atoms with Crippen LogP contribution in [0.1, 0.15) is 38.8 Å². The number of esters is 1. The molecule has 0 aliphatic carbocycles. The van der Waals surface area contributed by atoms with E-state index in [0.717, 1.165) is 6.07 Å². The molecule has 0 radical (unpaired) electrons. The Hall–Kier alpha value is -3.55. The summed E-state index contributed by atoms with van der Waals surface area (Å²) in [4.78, 5) is 46.2. The minimum atomic E-state index is -0.686. The number of ketones is 2. The van der Waals surface area contributed by atoms with Gasteiger partial charge in [0.25, 0.3) is 5.69 Å². The molecule has 0 saturated heterocycles. The first kappa shape index (κ1) is 20.8. The van der Waals surface area contributed by atoms with E-state index in [1.807, 2.05) is 0 Å². The molecule has 0 fully saturated rings. The van der Waals surface area contributed by atoms with Crippen LogP contribution >= 0.6 is 0 Å². The molecule has 28 heavy (non-hydrogen) atoms. The molecule has 8 heteroatoms. The van der Waals surface area contributed by atoms with Crippen molar-refractivity contribution < 1.29 is 28.8 Å². The van der Waals surface area contributed by atoms with Gasteiger partial charge < -0.3 is 9.47 Å². The van der Waals surface area contributed by atoms with Gasteiger partial charge in [-0.2, -0.15) is 0 Å². The summed E-state index contributed by atoms with van der Waals surface area (Å²) in [5.74, 6) is -0.981. The largest absolute Gasteiger partial charge is 0.496 e. The molecule has 0 N–H and O–H groups in total. The molecule has 0 aliphatic rings. The van der Waals surface area contributed by atoms with Crippen LogP contribution in [-0.4, -0.2) is 36.2 Å². The number of ether oxygens (including phenoxy) is 2. The summed E-state index contributed by atoms with van der Waals surface area (Å²) in [6.45, 7) is 2.42. The number of nitrogens with zero attached hydrogens (tertiary/aromatic N) is 1. The zero-order chi connectivity index (χ0) is 20.8. The normalized spacial score (nSPS) is 10.2.